The Kier molecular flexibility index (Phi) is 9.94. The zero-order valence-electron chi connectivity index (χ0n) is 27.2. The maximum absolute atomic E-state index is 15.0. The van der Waals surface area contributed by atoms with Crippen molar-refractivity contribution in [2.24, 2.45) is 11.8 Å². The minimum atomic E-state index is -0.851. The number of ether oxygens (including phenoxy) is 1. The third-order valence-corrected chi connectivity index (χ3v) is 12.5. The number of fused-ring (bicyclic) bond motifs is 1. The Balaban J connectivity index is 1.42. The van der Waals surface area contributed by atoms with Crippen LogP contribution in [0, 0.1) is 11.8 Å². The Morgan fingerprint density at radius 2 is 1.68 bits per heavy atom. The summed E-state index contributed by atoms with van der Waals surface area (Å²) >= 11 is 1.65. The lowest BCUT2D eigenvalue weighted by Crippen LogP contribution is -2.56. The number of thioether (sulfide) groups is 1. The van der Waals surface area contributed by atoms with Crippen molar-refractivity contribution in [1.82, 2.24) is 14.7 Å². The van der Waals surface area contributed by atoms with Gasteiger partial charge >= 0.3 is 0 Å². The van der Waals surface area contributed by atoms with Crippen LogP contribution in [0.2, 0.25) is 0 Å². The minimum absolute atomic E-state index is 0.130. The van der Waals surface area contributed by atoms with Gasteiger partial charge in [-0.25, -0.2) is 0 Å². The lowest BCUT2D eigenvalue weighted by molar-refractivity contribution is -0.146. The molecule has 1 spiro atoms. The molecule has 1 N–H and O–H groups in total. The maximum atomic E-state index is 15.0. The van der Waals surface area contributed by atoms with E-state index in [0.717, 1.165) is 24.3 Å². The number of amides is 3. The first-order valence-electron chi connectivity index (χ1n) is 16.6. The SMILES string of the molecule is C=CCN(CCN1CCOCC1)C(=O)C1N([C@H](CO)c2ccccc2)C(=O)[C@@H]2[C@@H](C(=O)N(CC=C)c3ccccc3)[C@@]3(C)CCC12S3. The Morgan fingerprint density at radius 1 is 1.02 bits per heavy atom. The molecule has 4 aliphatic rings. The standard InChI is InChI=1S/C37H46N4O5S/c1-4-18-39(21-20-38-22-24-46-25-23-38)35(45)32-37-17-16-36(3,47-37)30(33(43)40(19-5-2)28-14-10-7-11-15-28)31(37)34(44)41(32)29(26-42)27-12-8-6-9-13-27/h4-15,29-32,42H,1-2,16-26H2,3H3/t29-,30+,31+,32?,36-,37?/m1/s1. The number of anilines is 1. The molecule has 0 aliphatic carbocycles. The predicted octanol–water partition coefficient (Wildman–Crippen LogP) is 3.77. The van der Waals surface area contributed by atoms with Crippen LogP contribution < -0.4 is 4.90 Å². The molecule has 250 valence electrons. The summed E-state index contributed by atoms with van der Waals surface area (Å²) < 4.78 is 4.17. The van der Waals surface area contributed by atoms with Gasteiger partial charge < -0.3 is 24.5 Å². The number of benzene rings is 2. The van der Waals surface area contributed by atoms with Crippen LogP contribution in [0.15, 0.2) is 86.0 Å². The Bertz CT molecular complexity index is 1470. The van der Waals surface area contributed by atoms with Gasteiger partial charge in [-0.15, -0.1) is 24.9 Å². The van der Waals surface area contributed by atoms with Gasteiger partial charge in [0.25, 0.3) is 0 Å². The second kappa shape index (κ2) is 14.0. The van der Waals surface area contributed by atoms with Crippen LogP contribution in [-0.2, 0) is 19.1 Å². The first-order valence-corrected chi connectivity index (χ1v) is 17.5. The summed E-state index contributed by atoms with van der Waals surface area (Å²) in [6, 6.07) is 17.3. The fourth-order valence-corrected chi connectivity index (χ4v) is 10.6. The third kappa shape index (κ3) is 5.94. The summed E-state index contributed by atoms with van der Waals surface area (Å²) in [5.41, 5.74) is 1.50. The molecule has 47 heavy (non-hydrogen) atoms. The number of para-hydroxylation sites is 1. The normalized spacial score (nSPS) is 28.9. The molecule has 0 aromatic heterocycles. The molecule has 4 heterocycles. The van der Waals surface area contributed by atoms with Crippen LogP contribution in [0.1, 0.15) is 31.4 Å². The minimum Gasteiger partial charge on any atom is -0.394 e. The molecular formula is C37H46N4O5S. The number of morpholine rings is 1. The molecule has 2 aromatic carbocycles. The Hall–Kier alpha value is -3.44. The first kappa shape index (κ1) is 33.5. The molecule has 3 amide bonds. The zero-order valence-corrected chi connectivity index (χ0v) is 28.0. The van der Waals surface area contributed by atoms with Crippen LogP contribution in [0.25, 0.3) is 0 Å². The molecule has 4 fully saturated rings. The van der Waals surface area contributed by atoms with Crippen LogP contribution in [0.5, 0.6) is 0 Å². The van der Waals surface area contributed by atoms with Gasteiger partial charge in [-0.3, -0.25) is 19.3 Å². The fraction of sp³-hybridized carbons (Fsp3) is 0.486. The summed E-state index contributed by atoms with van der Waals surface area (Å²) in [6.45, 7) is 14.3. The summed E-state index contributed by atoms with van der Waals surface area (Å²) in [5, 5.41) is 10.9. The highest BCUT2D eigenvalue weighted by Gasteiger charge is 2.78. The summed E-state index contributed by atoms with van der Waals surface area (Å²) in [6.07, 6.45) is 4.77. The predicted molar refractivity (Wildman–Crippen MR) is 185 cm³/mol. The van der Waals surface area contributed by atoms with E-state index in [9.17, 15) is 9.90 Å². The largest absolute Gasteiger partial charge is 0.394 e. The van der Waals surface area contributed by atoms with E-state index >= 15 is 9.59 Å². The van der Waals surface area contributed by atoms with Crippen molar-refractivity contribution in [1.29, 1.82) is 0 Å². The number of hydrogen-bond donors (Lipinski definition) is 1. The number of likely N-dealkylation sites (tertiary alicyclic amines) is 1. The first-order chi connectivity index (χ1) is 22.8. The number of aliphatic hydroxyl groups is 1. The second-order valence-corrected chi connectivity index (χ2v) is 15.1. The van der Waals surface area contributed by atoms with Crippen molar-refractivity contribution in [2.75, 3.05) is 64.0 Å². The molecule has 0 saturated carbocycles. The van der Waals surface area contributed by atoms with Gasteiger partial charge in [-0.05, 0) is 37.5 Å². The monoisotopic (exact) mass is 658 g/mol. The zero-order chi connectivity index (χ0) is 33.2. The van der Waals surface area contributed by atoms with Gasteiger partial charge in [-0.1, -0.05) is 60.7 Å². The van der Waals surface area contributed by atoms with E-state index in [1.54, 1.807) is 33.7 Å². The molecule has 4 saturated heterocycles. The smallest absolute Gasteiger partial charge is 0.247 e. The van der Waals surface area contributed by atoms with Gasteiger partial charge in [-0.2, -0.15) is 0 Å². The molecule has 2 bridgehead atoms. The number of hydrogen-bond acceptors (Lipinski definition) is 7. The van der Waals surface area contributed by atoms with Crippen LogP contribution >= 0.6 is 11.8 Å². The van der Waals surface area contributed by atoms with E-state index < -0.39 is 33.4 Å². The van der Waals surface area contributed by atoms with Crippen molar-refractivity contribution in [3.63, 3.8) is 0 Å². The maximum Gasteiger partial charge on any atom is 0.247 e. The van der Waals surface area contributed by atoms with E-state index in [-0.39, 0.29) is 24.3 Å². The molecule has 9 nitrogen and oxygen atoms in total. The molecule has 2 aromatic rings. The Labute approximate surface area is 282 Å². The number of aliphatic hydroxyl groups excluding tert-OH is 1. The molecule has 6 rings (SSSR count). The molecule has 2 unspecified atom stereocenters. The lowest BCUT2D eigenvalue weighted by atomic mass is 9.66. The van der Waals surface area contributed by atoms with Crippen molar-refractivity contribution in [3.05, 3.63) is 91.5 Å². The van der Waals surface area contributed by atoms with Crippen molar-refractivity contribution < 1.29 is 24.2 Å². The van der Waals surface area contributed by atoms with E-state index in [1.807, 2.05) is 65.6 Å². The summed E-state index contributed by atoms with van der Waals surface area (Å²) in [7, 11) is 0. The molecule has 10 heteroatoms. The van der Waals surface area contributed by atoms with Crippen LogP contribution in [0.4, 0.5) is 5.69 Å². The summed E-state index contributed by atoms with van der Waals surface area (Å²) in [5.74, 6) is -1.88. The third-order valence-electron chi connectivity index (χ3n) is 10.5. The lowest BCUT2D eigenvalue weighted by Gasteiger charge is -2.40. The number of carbonyl (C=O) groups is 3. The average Bonchev–Trinajstić information content (AvgIpc) is 3.67. The van der Waals surface area contributed by atoms with Gasteiger partial charge in [0.15, 0.2) is 0 Å². The van der Waals surface area contributed by atoms with E-state index in [1.165, 1.54) is 0 Å². The van der Waals surface area contributed by atoms with Crippen LogP contribution in [0.3, 0.4) is 0 Å². The Morgan fingerprint density at radius 3 is 2.32 bits per heavy atom. The van der Waals surface area contributed by atoms with Crippen molar-refractivity contribution >= 4 is 35.2 Å². The number of rotatable bonds is 13. The molecule has 0 radical (unpaired) electrons. The average molecular weight is 659 g/mol. The van der Waals surface area contributed by atoms with Gasteiger partial charge in [0.1, 0.15) is 6.04 Å². The highest BCUT2D eigenvalue weighted by molar-refractivity contribution is 8.02. The van der Waals surface area contributed by atoms with Crippen LogP contribution in [-0.4, -0.2) is 112 Å². The molecule has 4 aliphatic heterocycles. The molecule has 6 atom stereocenters. The highest BCUT2D eigenvalue weighted by atomic mass is 32.2. The number of nitrogens with zero attached hydrogens (tertiary/aromatic N) is 4. The van der Waals surface area contributed by atoms with E-state index in [4.69, 9.17) is 4.74 Å². The van der Waals surface area contributed by atoms with E-state index in [0.29, 0.717) is 52.2 Å². The quantitative estimate of drug-likeness (QED) is 0.328. The second-order valence-electron chi connectivity index (χ2n) is 13.2. The van der Waals surface area contributed by atoms with Gasteiger partial charge in [0.05, 0.1) is 42.4 Å². The van der Waals surface area contributed by atoms with Crippen molar-refractivity contribution in [2.45, 2.75) is 41.3 Å². The van der Waals surface area contributed by atoms with Crippen molar-refractivity contribution in [3.8, 4) is 0 Å². The fourth-order valence-electron chi connectivity index (χ4n) is 8.32. The summed E-state index contributed by atoms with van der Waals surface area (Å²) in [4.78, 5) is 52.2. The highest BCUT2D eigenvalue weighted by Crippen LogP contribution is 2.72. The van der Waals surface area contributed by atoms with Gasteiger partial charge in [0, 0.05) is 49.7 Å². The van der Waals surface area contributed by atoms with E-state index in [2.05, 4.69) is 25.0 Å². The van der Waals surface area contributed by atoms with Gasteiger partial charge in [0.2, 0.25) is 17.7 Å². The molecular weight excluding hydrogens is 612 g/mol. The topological polar surface area (TPSA) is 93.6 Å². The number of carbonyl (C=O) groups excluding carboxylic acids is 3.